The Balaban J connectivity index is 1.25. The van der Waals surface area contributed by atoms with E-state index in [-0.39, 0.29) is 11.7 Å². The number of carbonyl (C=O) groups is 1. The van der Waals surface area contributed by atoms with Crippen molar-refractivity contribution in [1.29, 1.82) is 0 Å². The van der Waals surface area contributed by atoms with Crippen LogP contribution in [0.1, 0.15) is 16.7 Å². The molecule has 4 aromatic rings. The van der Waals surface area contributed by atoms with E-state index in [1.54, 1.807) is 18.0 Å². The Bertz CT molecular complexity index is 1220. The molecule has 0 bridgehead atoms. The number of hydrogen-bond acceptors (Lipinski definition) is 7. The smallest absolute Gasteiger partial charge is 0.250 e. The molecule has 1 aromatic heterocycles. The number of amides is 1. The lowest BCUT2D eigenvalue weighted by Crippen LogP contribution is -2.19. The van der Waals surface area contributed by atoms with Crippen molar-refractivity contribution in [2.45, 2.75) is 21.4 Å². The van der Waals surface area contributed by atoms with Gasteiger partial charge in [-0.3, -0.25) is 4.79 Å². The summed E-state index contributed by atoms with van der Waals surface area (Å²) in [4.78, 5) is 12.0. The second-order valence-electron chi connectivity index (χ2n) is 6.76. The molecule has 1 heterocycles. The van der Waals surface area contributed by atoms with Gasteiger partial charge in [0.1, 0.15) is 0 Å². The summed E-state index contributed by atoms with van der Waals surface area (Å²) in [6.07, 6.45) is 1.64. The fraction of sp³-hybridized carbons (Fsp3) is 0.130. The lowest BCUT2D eigenvalue weighted by Gasteiger charge is -2.04. The molecule has 5 nitrogen and oxygen atoms in total. The van der Waals surface area contributed by atoms with Crippen LogP contribution in [0, 0.1) is 6.92 Å². The summed E-state index contributed by atoms with van der Waals surface area (Å²) < 4.78 is 1.67. The van der Waals surface area contributed by atoms with Gasteiger partial charge in [-0.2, -0.15) is 5.10 Å². The molecule has 1 N–H and O–H groups in total. The van der Waals surface area contributed by atoms with Gasteiger partial charge in [-0.05, 0) is 28.8 Å². The van der Waals surface area contributed by atoms with Gasteiger partial charge in [0.15, 0.2) is 8.68 Å². The summed E-state index contributed by atoms with van der Waals surface area (Å²) in [5.41, 5.74) is 5.93. The van der Waals surface area contributed by atoms with Gasteiger partial charge >= 0.3 is 0 Å². The molecule has 0 unspecified atom stereocenters. The van der Waals surface area contributed by atoms with E-state index in [0.717, 1.165) is 25.6 Å². The average molecular weight is 465 g/mol. The van der Waals surface area contributed by atoms with Crippen molar-refractivity contribution in [1.82, 2.24) is 15.6 Å². The van der Waals surface area contributed by atoms with Gasteiger partial charge in [-0.15, -0.1) is 10.2 Å². The molecule has 0 aliphatic rings. The lowest BCUT2D eigenvalue weighted by molar-refractivity contribution is -0.118. The van der Waals surface area contributed by atoms with E-state index in [2.05, 4.69) is 63.2 Å². The monoisotopic (exact) mass is 464 g/mol. The minimum absolute atomic E-state index is 0.172. The molecule has 0 atom stereocenters. The summed E-state index contributed by atoms with van der Waals surface area (Å²) in [5.74, 6) is 0.900. The third-order valence-electron chi connectivity index (χ3n) is 4.39. The average Bonchev–Trinajstić information content (AvgIpc) is 3.24. The Morgan fingerprint density at radius 1 is 1.03 bits per heavy atom. The third kappa shape index (κ3) is 6.16. The maximum atomic E-state index is 12.0. The normalized spacial score (nSPS) is 11.3. The number of aryl methyl sites for hydroxylation is 1. The Labute approximate surface area is 193 Å². The standard InChI is InChI=1S/C23H20N4OS3/c1-16-6-4-7-17(12-16)13-24-25-21(28)15-30-23-27-26-22(31-23)29-14-19-10-5-9-18-8-2-3-11-20(18)19/h2-13H,14-15H2,1H3,(H,25,28)/b24-13-. The van der Waals surface area contributed by atoms with E-state index in [4.69, 9.17) is 0 Å². The van der Waals surface area contributed by atoms with Crippen molar-refractivity contribution in [2.24, 2.45) is 5.10 Å². The maximum Gasteiger partial charge on any atom is 0.250 e. The zero-order valence-corrected chi connectivity index (χ0v) is 19.3. The van der Waals surface area contributed by atoms with Crippen LogP contribution in [0.3, 0.4) is 0 Å². The van der Waals surface area contributed by atoms with E-state index in [0.29, 0.717) is 0 Å². The highest BCUT2D eigenvalue weighted by atomic mass is 32.2. The third-order valence-corrected chi connectivity index (χ3v) is 7.63. The number of aromatic nitrogens is 2. The first-order valence-corrected chi connectivity index (χ1v) is 12.4. The molecule has 156 valence electrons. The zero-order valence-electron chi connectivity index (χ0n) is 16.8. The first kappa shape index (κ1) is 21.5. The molecule has 31 heavy (non-hydrogen) atoms. The van der Waals surface area contributed by atoms with Crippen LogP contribution in [0.2, 0.25) is 0 Å². The van der Waals surface area contributed by atoms with E-state index in [1.165, 1.54) is 39.4 Å². The molecule has 0 radical (unpaired) electrons. The molecular formula is C23H20N4OS3. The molecule has 8 heteroatoms. The highest BCUT2D eigenvalue weighted by Crippen LogP contribution is 2.32. The number of carbonyl (C=O) groups excluding carboxylic acids is 1. The number of hydrogen-bond donors (Lipinski definition) is 1. The zero-order chi connectivity index (χ0) is 21.5. The van der Waals surface area contributed by atoms with Crippen molar-refractivity contribution < 1.29 is 4.79 Å². The fourth-order valence-corrected chi connectivity index (χ4v) is 5.78. The van der Waals surface area contributed by atoms with E-state index in [1.807, 2.05) is 31.2 Å². The summed E-state index contributed by atoms with van der Waals surface area (Å²) in [5, 5.41) is 15.0. The van der Waals surface area contributed by atoms with Crippen LogP contribution in [-0.2, 0) is 10.5 Å². The molecule has 0 spiro atoms. The van der Waals surface area contributed by atoms with Crippen LogP contribution < -0.4 is 5.43 Å². The van der Waals surface area contributed by atoms with Gasteiger partial charge in [-0.1, -0.05) is 107 Å². The quantitative estimate of drug-likeness (QED) is 0.211. The second-order valence-corrected chi connectivity index (χ2v) is 10.2. The van der Waals surface area contributed by atoms with Gasteiger partial charge in [0.05, 0.1) is 12.0 Å². The summed E-state index contributed by atoms with van der Waals surface area (Å²) in [6.45, 7) is 2.02. The van der Waals surface area contributed by atoms with Crippen LogP contribution in [0.15, 0.2) is 80.5 Å². The molecule has 3 aromatic carbocycles. The first-order chi connectivity index (χ1) is 15.2. The Morgan fingerprint density at radius 3 is 2.68 bits per heavy atom. The maximum absolute atomic E-state index is 12.0. The molecule has 0 aliphatic heterocycles. The predicted octanol–water partition coefficient (Wildman–Crippen LogP) is 5.53. The number of nitrogens with zero attached hydrogens (tertiary/aromatic N) is 3. The molecule has 4 rings (SSSR count). The van der Waals surface area contributed by atoms with Crippen LogP contribution in [0.25, 0.3) is 10.8 Å². The molecule has 0 aliphatic carbocycles. The molecule has 0 fully saturated rings. The van der Waals surface area contributed by atoms with Gasteiger partial charge in [0.2, 0.25) is 0 Å². The van der Waals surface area contributed by atoms with Crippen LogP contribution in [-0.4, -0.2) is 28.1 Å². The van der Waals surface area contributed by atoms with E-state index >= 15 is 0 Å². The molecule has 1 amide bonds. The summed E-state index contributed by atoms with van der Waals surface area (Å²) in [7, 11) is 0. The largest absolute Gasteiger partial charge is 0.272 e. The predicted molar refractivity (Wildman–Crippen MR) is 131 cm³/mol. The topological polar surface area (TPSA) is 67.2 Å². The van der Waals surface area contributed by atoms with Crippen molar-refractivity contribution in [3.8, 4) is 0 Å². The van der Waals surface area contributed by atoms with Gasteiger partial charge in [-0.25, -0.2) is 5.43 Å². The fourth-order valence-electron chi connectivity index (χ4n) is 2.96. The first-order valence-electron chi connectivity index (χ1n) is 9.62. The van der Waals surface area contributed by atoms with Crippen LogP contribution in [0.4, 0.5) is 0 Å². The highest BCUT2D eigenvalue weighted by molar-refractivity contribution is 8.03. The Hall–Kier alpha value is -2.68. The van der Waals surface area contributed by atoms with Crippen LogP contribution in [0.5, 0.6) is 0 Å². The number of rotatable bonds is 8. The van der Waals surface area contributed by atoms with E-state index < -0.39 is 0 Å². The number of benzene rings is 3. The second kappa shape index (κ2) is 10.6. The van der Waals surface area contributed by atoms with Crippen molar-refractivity contribution in [3.63, 3.8) is 0 Å². The summed E-state index contributed by atoms with van der Waals surface area (Å²) >= 11 is 4.54. The van der Waals surface area contributed by atoms with E-state index in [9.17, 15) is 4.79 Å². The summed E-state index contributed by atoms with van der Waals surface area (Å²) in [6, 6.07) is 22.7. The van der Waals surface area contributed by atoms with Crippen molar-refractivity contribution in [3.05, 3.63) is 83.4 Å². The number of thioether (sulfide) groups is 2. The molecule has 0 saturated carbocycles. The van der Waals surface area contributed by atoms with Gasteiger partial charge in [0.25, 0.3) is 5.91 Å². The lowest BCUT2D eigenvalue weighted by atomic mass is 10.1. The molecular weight excluding hydrogens is 444 g/mol. The van der Waals surface area contributed by atoms with Crippen molar-refractivity contribution >= 4 is 57.8 Å². The van der Waals surface area contributed by atoms with Crippen LogP contribution >= 0.6 is 34.9 Å². The van der Waals surface area contributed by atoms with Gasteiger partial charge in [0, 0.05) is 5.75 Å². The molecule has 0 saturated heterocycles. The van der Waals surface area contributed by atoms with Gasteiger partial charge < -0.3 is 0 Å². The minimum atomic E-state index is -0.172. The Morgan fingerprint density at radius 2 is 1.81 bits per heavy atom. The Kier molecular flexibility index (Phi) is 7.35. The van der Waals surface area contributed by atoms with Crippen molar-refractivity contribution in [2.75, 3.05) is 5.75 Å². The number of nitrogens with one attached hydrogen (secondary N) is 1. The minimum Gasteiger partial charge on any atom is -0.272 e. The number of hydrazone groups is 1. The highest BCUT2D eigenvalue weighted by Gasteiger charge is 2.09. The SMILES string of the molecule is Cc1cccc(/C=N\NC(=O)CSc2nnc(SCc3cccc4ccccc34)s2)c1. The number of fused-ring (bicyclic) bond motifs is 1.